The van der Waals surface area contributed by atoms with E-state index in [4.69, 9.17) is 4.98 Å². The number of hydrogen-bond acceptors (Lipinski definition) is 5. The van der Waals surface area contributed by atoms with Gasteiger partial charge in [0.2, 0.25) is 11.8 Å². The number of nitrogens with zero attached hydrogens (tertiary/aromatic N) is 5. The molecule has 0 radical (unpaired) electrons. The molecule has 1 unspecified atom stereocenters. The minimum Gasteiger partial charge on any atom is -0.336 e. The molecule has 166 valence electrons. The smallest absolute Gasteiger partial charge is 0.254 e. The van der Waals surface area contributed by atoms with Gasteiger partial charge in [0.05, 0.1) is 24.5 Å². The summed E-state index contributed by atoms with van der Waals surface area (Å²) in [6.45, 7) is 5.90. The third-order valence-electron chi connectivity index (χ3n) is 6.20. The number of nitrogens with one attached hydrogen (secondary N) is 1. The average molecular weight is 427 g/mol. The number of rotatable bonds is 5. The van der Waals surface area contributed by atoms with E-state index in [9.17, 15) is 14.4 Å². The van der Waals surface area contributed by atoms with Gasteiger partial charge in [-0.05, 0) is 38.2 Å². The van der Waals surface area contributed by atoms with E-state index in [0.29, 0.717) is 62.5 Å². The highest BCUT2D eigenvalue weighted by Crippen LogP contribution is 2.30. The van der Waals surface area contributed by atoms with E-state index in [-0.39, 0.29) is 23.4 Å². The molecular formula is C22H30N6O3. The number of carbonyl (C=O) groups is 2. The van der Waals surface area contributed by atoms with Gasteiger partial charge in [-0.1, -0.05) is 6.92 Å². The van der Waals surface area contributed by atoms with Crippen LogP contribution in [0.15, 0.2) is 17.2 Å². The molecule has 9 nitrogen and oxygen atoms in total. The topological polar surface area (TPSA) is 104 Å². The van der Waals surface area contributed by atoms with Crippen molar-refractivity contribution in [3.8, 4) is 0 Å². The van der Waals surface area contributed by atoms with Gasteiger partial charge >= 0.3 is 0 Å². The fourth-order valence-corrected chi connectivity index (χ4v) is 4.51. The number of aromatic amines is 1. The summed E-state index contributed by atoms with van der Waals surface area (Å²) in [6.07, 6.45) is 7.70. The van der Waals surface area contributed by atoms with E-state index in [0.717, 1.165) is 24.8 Å². The molecule has 2 aromatic heterocycles. The van der Waals surface area contributed by atoms with Crippen molar-refractivity contribution < 1.29 is 9.59 Å². The van der Waals surface area contributed by atoms with E-state index in [1.165, 1.54) is 0 Å². The Morgan fingerprint density at radius 1 is 1.23 bits per heavy atom. The molecule has 1 N–H and O–H groups in total. The number of aryl methyl sites for hydroxylation is 2. The van der Waals surface area contributed by atoms with Gasteiger partial charge in [-0.2, -0.15) is 5.10 Å². The van der Waals surface area contributed by atoms with Crippen molar-refractivity contribution in [3.05, 3.63) is 45.4 Å². The zero-order valence-corrected chi connectivity index (χ0v) is 18.3. The normalized spacial score (nSPS) is 18.7. The lowest BCUT2D eigenvalue weighted by atomic mass is 9.99. The van der Waals surface area contributed by atoms with Crippen LogP contribution in [0.4, 0.5) is 0 Å². The summed E-state index contributed by atoms with van der Waals surface area (Å²) in [5.74, 6) is 0.649. The lowest BCUT2D eigenvalue weighted by molar-refractivity contribution is -0.135. The number of carbonyl (C=O) groups excluding carboxylic acids is 2. The number of H-pyrrole nitrogens is 1. The fraction of sp³-hybridized carbons (Fsp3) is 0.591. The fourth-order valence-electron chi connectivity index (χ4n) is 4.51. The van der Waals surface area contributed by atoms with E-state index in [2.05, 4.69) is 10.1 Å². The van der Waals surface area contributed by atoms with Crippen molar-refractivity contribution in [2.45, 2.75) is 71.5 Å². The van der Waals surface area contributed by atoms with Crippen molar-refractivity contribution in [2.24, 2.45) is 0 Å². The van der Waals surface area contributed by atoms with Gasteiger partial charge < -0.3 is 14.8 Å². The second kappa shape index (κ2) is 9.03. The van der Waals surface area contributed by atoms with Crippen LogP contribution >= 0.6 is 0 Å². The number of likely N-dealkylation sites (tertiary alicyclic amines) is 1. The first-order valence-corrected chi connectivity index (χ1v) is 11.1. The first-order chi connectivity index (χ1) is 15.0. The third-order valence-corrected chi connectivity index (χ3v) is 6.20. The van der Waals surface area contributed by atoms with Gasteiger partial charge in [0.1, 0.15) is 5.82 Å². The summed E-state index contributed by atoms with van der Waals surface area (Å²) in [5, 5.41) is 4.25. The van der Waals surface area contributed by atoms with E-state index in [1.54, 1.807) is 15.8 Å². The molecule has 1 fully saturated rings. The SMILES string of the molecule is CCC(=O)N1CCc2c(nc(C3CCCCN3C(=O)CCn3cc(C)cn3)[nH]c2=O)C1. The molecule has 2 aliphatic heterocycles. The van der Waals surface area contributed by atoms with Gasteiger partial charge in [-0.25, -0.2) is 4.98 Å². The number of hydrogen-bond donors (Lipinski definition) is 1. The highest BCUT2D eigenvalue weighted by atomic mass is 16.2. The maximum Gasteiger partial charge on any atom is 0.254 e. The lowest BCUT2D eigenvalue weighted by Gasteiger charge is -2.36. The summed E-state index contributed by atoms with van der Waals surface area (Å²) >= 11 is 0. The predicted molar refractivity (Wildman–Crippen MR) is 114 cm³/mol. The molecule has 0 aliphatic carbocycles. The van der Waals surface area contributed by atoms with Crippen LogP contribution in [0.2, 0.25) is 0 Å². The van der Waals surface area contributed by atoms with Crippen molar-refractivity contribution >= 4 is 11.8 Å². The number of aromatic nitrogens is 4. The Kier molecular flexibility index (Phi) is 6.20. The molecule has 1 saturated heterocycles. The second-order valence-corrected chi connectivity index (χ2v) is 8.42. The minimum absolute atomic E-state index is 0.0426. The Morgan fingerprint density at radius 3 is 2.81 bits per heavy atom. The minimum atomic E-state index is -0.240. The van der Waals surface area contributed by atoms with E-state index >= 15 is 0 Å². The quantitative estimate of drug-likeness (QED) is 0.784. The molecule has 0 aromatic carbocycles. The van der Waals surface area contributed by atoms with Crippen LogP contribution < -0.4 is 5.56 Å². The molecule has 2 amide bonds. The van der Waals surface area contributed by atoms with Crippen molar-refractivity contribution in [2.75, 3.05) is 13.1 Å². The number of fused-ring (bicyclic) bond motifs is 1. The molecule has 0 spiro atoms. The summed E-state index contributed by atoms with van der Waals surface area (Å²) in [7, 11) is 0. The van der Waals surface area contributed by atoms with Gasteiger partial charge in [0, 0.05) is 44.2 Å². The highest BCUT2D eigenvalue weighted by molar-refractivity contribution is 5.77. The van der Waals surface area contributed by atoms with Crippen LogP contribution in [0, 0.1) is 6.92 Å². The Hall–Kier alpha value is -2.97. The van der Waals surface area contributed by atoms with Gasteiger partial charge in [-0.15, -0.1) is 0 Å². The van der Waals surface area contributed by atoms with E-state index in [1.807, 2.05) is 24.9 Å². The lowest BCUT2D eigenvalue weighted by Crippen LogP contribution is -2.42. The first kappa shape index (κ1) is 21.3. The molecule has 9 heteroatoms. The Bertz CT molecular complexity index is 1030. The van der Waals surface area contributed by atoms with Crippen LogP contribution in [-0.2, 0) is 29.1 Å². The summed E-state index contributed by atoms with van der Waals surface area (Å²) in [4.78, 5) is 49.2. The highest BCUT2D eigenvalue weighted by Gasteiger charge is 2.31. The number of amides is 2. The monoisotopic (exact) mass is 426 g/mol. The zero-order valence-electron chi connectivity index (χ0n) is 18.3. The average Bonchev–Trinajstić information content (AvgIpc) is 3.21. The molecule has 0 saturated carbocycles. The maximum absolute atomic E-state index is 13.0. The predicted octanol–water partition coefficient (Wildman–Crippen LogP) is 1.71. The van der Waals surface area contributed by atoms with Gasteiger partial charge in [0.25, 0.3) is 5.56 Å². The first-order valence-electron chi connectivity index (χ1n) is 11.1. The third kappa shape index (κ3) is 4.55. The van der Waals surface area contributed by atoms with Crippen LogP contribution in [0.25, 0.3) is 0 Å². The summed E-state index contributed by atoms with van der Waals surface area (Å²) < 4.78 is 1.78. The molecule has 1 atom stereocenters. The van der Waals surface area contributed by atoms with Crippen molar-refractivity contribution in [1.82, 2.24) is 29.5 Å². The molecule has 2 aliphatic rings. The largest absolute Gasteiger partial charge is 0.336 e. The summed E-state index contributed by atoms with van der Waals surface area (Å²) in [5.41, 5.74) is 2.24. The molecule has 2 aromatic rings. The second-order valence-electron chi connectivity index (χ2n) is 8.42. The molecular weight excluding hydrogens is 396 g/mol. The molecule has 0 bridgehead atoms. The van der Waals surface area contributed by atoms with Gasteiger partial charge in [0.15, 0.2) is 0 Å². The van der Waals surface area contributed by atoms with E-state index < -0.39 is 0 Å². The Balaban J connectivity index is 1.54. The maximum atomic E-state index is 13.0. The van der Waals surface area contributed by atoms with Crippen molar-refractivity contribution in [1.29, 1.82) is 0 Å². The molecule has 4 rings (SSSR count). The molecule has 4 heterocycles. The van der Waals surface area contributed by atoms with Gasteiger partial charge in [-0.3, -0.25) is 19.1 Å². The van der Waals surface area contributed by atoms with Crippen LogP contribution in [0.5, 0.6) is 0 Å². The summed E-state index contributed by atoms with van der Waals surface area (Å²) in [6, 6.07) is -0.240. The zero-order chi connectivity index (χ0) is 22.0. The van der Waals surface area contributed by atoms with Crippen LogP contribution in [0.1, 0.15) is 67.7 Å². The Labute approximate surface area is 181 Å². The Morgan fingerprint density at radius 2 is 2.06 bits per heavy atom. The number of piperidine rings is 1. The van der Waals surface area contributed by atoms with Crippen molar-refractivity contribution in [3.63, 3.8) is 0 Å². The van der Waals surface area contributed by atoms with Crippen LogP contribution in [-0.4, -0.2) is 54.5 Å². The van der Waals surface area contributed by atoms with Crippen LogP contribution in [0.3, 0.4) is 0 Å². The standard InChI is InChI=1S/C22H30N6O3/c1-3-19(29)26-10-7-16-17(14-26)24-21(25-22(16)31)18-6-4-5-9-28(18)20(30)8-11-27-13-15(2)12-23-27/h12-13,18H,3-11,14H2,1-2H3,(H,24,25,31). The molecule has 31 heavy (non-hydrogen) atoms.